The number of rotatable bonds is 6. The molecular weight excluding hydrogens is 508 g/mol. The van der Waals surface area contributed by atoms with Gasteiger partial charge >= 0.3 is 12.6 Å². The molecule has 4 aromatic rings. The van der Waals surface area contributed by atoms with Crippen molar-refractivity contribution in [1.29, 1.82) is 0 Å². The predicted molar refractivity (Wildman–Crippen MR) is 141 cm³/mol. The van der Waals surface area contributed by atoms with Crippen LogP contribution in [-0.2, 0) is 13.6 Å². The number of aryl methyl sites for hydroxylation is 1. The van der Waals surface area contributed by atoms with E-state index in [2.05, 4.69) is 20.2 Å². The van der Waals surface area contributed by atoms with Gasteiger partial charge in [-0.15, -0.1) is 0 Å². The van der Waals surface area contributed by atoms with Crippen LogP contribution in [0.4, 0.5) is 19.5 Å². The maximum atomic E-state index is 13.0. The van der Waals surface area contributed by atoms with Crippen molar-refractivity contribution in [3.8, 4) is 16.9 Å². The Hall–Kier alpha value is -4.48. The van der Waals surface area contributed by atoms with Crippen LogP contribution >= 0.6 is 0 Å². The SMILES string of the molecule is Cc1ccc(OC(F)F)c(Cn2c3cc(-c4cnc(N5CCN6C(=O)NC[C@H]6C5)nc4)ccc3c(=O)n2C)c1. The molecule has 0 aliphatic carbocycles. The minimum Gasteiger partial charge on any atom is -0.434 e. The summed E-state index contributed by atoms with van der Waals surface area (Å²) in [6.45, 7) is 1.64. The van der Waals surface area contributed by atoms with Crippen LogP contribution in [0.3, 0.4) is 0 Å². The highest BCUT2D eigenvalue weighted by Gasteiger charge is 2.36. The average molecular weight is 536 g/mol. The molecule has 0 bridgehead atoms. The molecule has 2 aliphatic heterocycles. The van der Waals surface area contributed by atoms with E-state index < -0.39 is 6.61 Å². The van der Waals surface area contributed by atoms with Crippen LogP contribution in [-0.4, -0.2) is 69.1 Å². The molecule has 4 heterocycles. The standard InChI is InChI=1S/C27H27F2N7O3/c1-16-3-6-23(39-25(28)29)18(9-16)14-36-22-10-17(4-5-21(22)24(37)33(36)2)19-11-30-26(31-12-19)34-7-8-35-20(15-34)13-32-27(35)38/h3-6,9-12,20,25H,7-8,13-15H2,1-2H3,(H,32,38)/t20-/m0/s1. The van der Waals surface area contributed by atoms with Gasteiger partial charge in [-0.2, -0.15) is 8.78 Å². The third-order valence-corrected chi connectivity index (χ3v) is 7.40. The number of carbonyl (C=O) groups is 1. The van der Waals surface area contributed by atoms with Gasteiger partial charge in [0.2, 0.25) is 5.95 Å². The second-order valence-electron chi connectivity index (χ2n) is 9.86. The third kappa shape index (κ3) is 4.55. The number of hydrogen-bond acceptors (Lipinski definition) is 6. The average Bonchev–Trinajstić information content (AvgIpc) is 3.42. The number of halogens is 2. The zero-order chi connectivity index (χ0) is 27.3. The van der Waals surface area contributed by atoms with E-state index >= 15 is 0 Å². The van der Waals surface area contributed by atoms with E-state index in [9.17, 15) is 18.4 Å². The van der Waals surface area contributed by atoms with Gasteiger partial charge in [-0.25, -0.2) is 14.8 Å². The van der Waals surface area contributed by atoms with E-state index in [1.54, 1.807) is 42.3 Å². The zero-order valence-corrected chi connectivity index (χ0v) is 21.5. The highest BCUT2D eigenvalue weighted by atomic mass is 19.3. The summed E-state index contributed by atoms with van der Waals surface area (Å²) in [5.41, 5.74) is 3.49. The molecule has 2 aliphatic rings. The van der Waals surface area contributed by atoms with E-state index in [-0.39, 0.29) is 29.9 Å². The van der Waals surface area contributed by atoms with E-state index in [0.717, 1.165) is 16.7 Å². The van der Waals surface area contributed by atoms with Crippen molar-refractivity contribution < 1.29 is 18.3 Å². The number of ether oxygens (including phenoxy) is 1. The van der Waals surface area contributed by atoms with Crippen molar-refractivity contribution in [3.63, 3.8) is 0 Å². The number of nitrogens with zero attached hydrogens (tertiary/aromatic N) is 6. The number of hydrogen-bond donors (Lipinski definition) is 1. The fourth-order valence-electron chi connectivity index (χ4n) is 5.37. The maximum absolute atomic E-state index is 13.0. The molecule has 6 rings (SSSR count). The molecule has 2 aromatic heterocycles. The molecule has 1 N–H and O–H groups in total. The summed E-state index contributed by atoms with van der Waals surface area (Å²) in [6, 6.07) is 10.6. The first-order valence-corrected chi connectivity index (χ1v) is 12.6. The molecule has 0 spiro atoms. The number of carbonyl (C=O) groups excluding carboxylic acids is 1. The summed E-state index contributed by atoms with van der Waals surface area (Å²) in [5, 5.41) is 3.39. The molecule has 0 radical (unpaired) electrons. The van der Waals surface area contributed by atoms with Crippen molar-refractivity contribution >= 4 is 22.9 Å². The minimum atomic E-state index is -2.95. The maximum Gasteiger partial charge on any atom is 0.387 e. The first-order chi connectivity index (χ1) is 18.8. The van der Waals surface area contributed by atoms with Crippen LogP contribution in [0.1, 0.15) is 11.1 Å². The summed E-state index contributed by atoms with van der Waals surface area (Å²) < 4.78 is 34.0. The van der Waals surface area contributed by atoms with Crippen LogP contribution < -0.4 is 20.5 Å². The number of piperazine rings is 1. The lowest BCUT2D eigenvalue weighted by Crippen LogP contribution is -2.52. The molecule has 2 fully saturated rings. The Kier molecular flexibility index (Phi) is 6.16. The topological polar surface area (TPSA) is 97.5 Å². The number of alkyl halides is 2. The smallest absolute Gasteiger partial charge is 0.387 e. The fourth-order valence-corrected chi connectivity index (χ4v) is 5.37. The monoisotopic (exact) mass is 535 g/mol. The number of urea groups is 1. The quantitative estimate of drug-likeness (QED) is 0.408. The Morgan fingerprint density at radius 3 is 2.64 bits per heavy atom. The lowest BCUT2D eigenvalue weighted by atomic mass is 10.1. The Morgan fingerprint density at radius 2 is 1.87 bits per heavy atom. The first kappa shape index (κ1) is 24.8. The molecule has 12 heteroatoms. The summed E-state index contributed by atoms with van der Waals surface area (Å²) in [6.07, 6.45) is 3.49. The highest BCUT2D eigenvalue weighted by molar-refractivity contribution is 5.84. The molecule has 2 amide bonds. The van der Waals surface area contributed by atoms with Crippen LogP contribution in [0, 0.1) is 6.92 Å². The van der Waals surface area contributed by atoms with Crippen molar-refractivity contribution in [1.82, 2.24) is 29.5 Å². The van der Waals surface area contributed by atoms with Crippen molar-refractivity contribution in [3.05, 3.63) is 70.3 Å². The molecule has 10 nitrogen and oxygen atoms in total. The largest absolute Gasteiger partial charge is 0.434 e. The van der Waals surface area contributed by atoms with Gasteiger partial charge in [0.05, 0.1) is 23.5 Å². The van der Waals surface area contributed by atoms with Crippen molar-refractivity contribution in [2.75, 3.05) is 31.1 Å². The summed E-state index contributed by atoms with van der Waals surface area (Å²) in [4.78, 5) is 37.9. The van der Waals surface area contributed by atoms with Crippen LogP contribution in [0.15, 0.2) is 53.6 Å². The molecule has 0 saturated carbocycles. The van der Waals surface area contributed by atoms with Gasteiger partial charge in [-0.05, 0) is 30.7 Å². The van der Waals surface area contributed by atoms with Crippen LogP contribution in [0.5, 0.6) is 5.75 Å². The van der Waals surface area contributed by atoms with Gasteiger partial charge in [-0.3, -0.25) is 14.2 Å². The zero-order valence-electron chi connectivity index (χ0n) is 21.5. The number of anilines is 1. The van der Waals surface area contributed by atoms with E-state index in [4.69, 9.17) is 4.74 Å². The van der Waals surface area contributed by atoms with E-state index in [1.807, 2.05) is 24.0 Å². The molecule has 2 saturated heterocycles. The lowest BCUT2D eigenvalue weighted by molar-refractivity contribution is -0.0505. The molecular formula is C27H27F2N7O3. The summed E-state index contributed by atoms with van der Waals surface area (Å²) in [7, 11) is 1.65. The Labute approximate surface area is 222 Å². The Balaban J connectivity index is 1.30. The first-order valence-electron chi connectivity index (χ1n) is 12.6. The molecule has 39 heavy (non-hydrogen) atoms. The number of benzene rings is 2. The third-order valence-electron chi connectivity index (χ3n) is 7.40. The Bertz CT molecular complexity index is 1620. The second kappa shape index (κ2) is 9.68. The van der Waals surface area contributed by atoms with Crippen molar-refractivity contribution in [2.24, 2.45) is 7.05 Å². The molecule has 0 unspecified atom stereocenters. The van der Waals surface area contributed by atoms with Gasteiger partial charge in [0.25, 0.3) is 5.56 Å². The number of nitrogens with one attached hydrogen (secondary N) is 1. The van der Waals surface area contributed by atoms with Crippen molar-refractivity contribution in [2.45, 2.75) is 26.1 Å². The van der Waals surface area contributed by atoms with E-state index in [1.165, 1.54) is 10.7 Å². The molecule has 2 aromatic carbocycles. The molecule has 1 atom stereocenters. The van der Waals surface area contributed by atoms with Gasteiger partial charge in [0.15, 0.2) is 0 Å². The number of amides is 2. The normalized spacial score (nSPS) is 17.2. The predicted octanol–water partition coefficient (Wildman–Crippen LogP) is 2.97. The fraction of sp³-hybridized carbons (Fsp3) is 0.333. The van der Waals surface area contributed by atoms with Gasteiger partial charge < -0.3 is 19.9 Å². The lowest BCUT2D eigenvalue weighted by Gasteiger charge is -2.36. The Morgan fingerprint density at radius 1 is 1.08 bits per heavy atom. The second-order valence-corrected chi connectivity index (χ2v) is 9.86. The van der Waals surface area contributed by atoms with E-state index in [0.29, 0.717) is 48.6 Å². The highest BCUT2D eigenvalue weighted by Crippen LogP contribution is 2.27. The number of fused-ring (bicyclic) bond motifs is 2. The molecule has 202 valence electrons. The number of aromatic nitrogens is 4. The van der Waals surface area contributed by atoms with Gasteiger partial charge in [-0.1, -0.05) is 23.8 Å². The minimum absolute atomic E-state index is 0.0223. The van der Waals surface area contributed by atoms with Crippen LogP contribution in [0.2, 0.25) is 0 Å². The summed E-state index contributed by atoms with van der Waals surface area (Å²) in [5.74, 6) is 0.671. The van der Waals surface area contributed by atoms with Gasteiger partial charge in [0.1, 0.15) is 5.75 Å². The van der Waals surface area contributed by atoms with Crippen LogP contribution in [0.25, 0.3) is 22.0 Å². The van der Waals surface area contributed by atoms with Gasteiger partial charge in [0, 0.05) is 56.7 Å². The summed E-state index contributed by atoms with van der Waals surface area (Å²) >= 11 is 0.